The zero-order valence-electron chi connectivity index (χ0n) is 16.6. The third-order valence-corrected chi connectivity index (χ3v) is 6.07. The molecule has 2 nitrogen and oxygen atoms in total. The molecule has 0 saturated carbocycles. The Morgan fingerprint density at radius 2 is 1.31 bits per heavy atom. The van der Waals surface area contributed by atoms with Crippen molar-refractivity contribution in [2.45, 2.75) is 25.8 Å². The average Bonchev–Trinajstić information content (AvgIpc) is 2.78. The summed E-state index contributed by atoms with van der Waals surface area (Å²) in [6.07, 6.45) is 2.06. The number of rotatable bonds is 5. The molecule has 0 N–H and O–H groups in total. The number of halogens is 1. The van der Waals surface area contributed by atoms with Gasteiger partial charge < -0.3 is 0 Å². The molecule has 3 heteroatoms. The minimum absolute atomic E-state index is 0.0531. The molecule has 3 aromatic carbocycles. The van der Waals surface area contributed by atoms with Crippen LogP contribution in [0.2, 0.25) is 0 Å². The monoisotopic (exact) mass is 442 g/mol. The van der Waals surface area contributed by atoms with E-state index in [1.807, 2.05) is 12.1 Å². The Morgan fingerprint density at radius 3 is 1.90 bits per heavy atom. The first-order valence-corrected chi connectivity index (χ1v) is 10.6. The van der Waals surface area contributed by atoms with Crippen molar-refractivity contribution in [2.24, 2.45) is 4.99 Å². The Hall–Kier alpha value is -2.78. The number of aliphatic imine (C=N–C) groups is 1. The summed E-state index contributed by atoms with van der Waals surface area (Å²) in [5.41, 5.74) is 4.47. The summed E-state index contributed by atoms with van der Waals surface area (Å²) in [5, 5.41) is 2.35. The zero-order chi connectivity index (χ0) is 20.2. The summed E-state index contributed by atoms with van der Waals surface area (Å²) >= 11 is 3.78. The number of hydrogen-bond donors (Lipinski definition) is 0. The Labute approximate surface area is 180 Å². The van der Waals surface area contributed by atoms with Crippen molar-refractivity contribution in [2.75, 3.05) is 0 Å². The van der Waals surface area contributed by atoms with Gasteiger partial charge in [0.1, 0.15) is 0 Å². The van der Waals surface area contributed by atoms with Gasteiger partial charge in [-0.05, 0) is 46.3 Å². The van der Waals surface area contributed by atoms with E-state index in [-0.39, 0.29) is 12.0 Å². The van der Waals surface area contributed by atoms with E-state index in [1.165, 1.54) is 21.9 Å². The molecule has 0 aliphatic heterocycles. The third kappa shape index (κ3) is 4.15. The van der Waals surface area contributed by atoms with Gasteiger partial charge in [0.05, 0.1) is 11.7 Å². The van der Waals surface area contributed by atoms with Gasteiger partial charge in [-0.25, -0.2) is 0 Å². The van der Waals surface area contributed by atoms with Gasteiger partial charge in [0.15, 0.2) is 0 Å². The number of aryl methyl sites for hydroxylation is 1. The van der Waals surface area contributed by atoms with E-state index in [1.54, 1.807) is 0 Å². The largest absolute Gasteiger partial charge is 0.287 e. The van der Waals surface area contributed by atoms with Gasteiger partial charge in [-0.1, -0.05) is 84.9 Å². The first-order chi connectivity index (χ1) is 14.1. The van der Waals surface area contributed by atoms with Gasteiger partial charge >= 0.3 is 0 Å². The van der Waals surface area contributed by atoms with Crippen LogP contribution in [0.15, 0.2) is 94.4 Å². The van der Waals surface area contributed by atoms with E-state index in [0.717, 1.165) is 15.9 Å². The Kier molecular flexibility index (Phi) is 5.86. The molecule has 0 radical (unpaired) electrons. The summed E-state index contributed by atoms with van der Waals surface area (Å²) in [5.74, 6) is 0.111. The highest BCUT2D eigenvalue weighted by atomic mass is 79.9. The second-order valence-corrected chi connectivity index (χ2v) is 8.01. The van der Waals surface area contributed by atoms with Crippen molar-refractivity contribution in [3.05, 3.63) is 112 Å². The molecule has 4 aromatic rings. The van der Waals surface area contributed by atoms with Crippen LogP contribution >= 0.6 is 15.9 Å². The fourth-order valence-electron chi connectivity index (χ4n) is 3.67. The molecule has 1 aromatic heterocycles. The number of aromatic nitrogens is 1. The molecule has 29 heavy (non-hydrogen) atoms. The highest BCUT2D eigenvalue weighted by Gasteiger charge is 2.16. The minimum atomic E-state index is -0.0531. The van der Waals surface area contributed by atoms with Gasteiger partial charge in [0, 0.05) is 27.7 Å². The standard InChI is InChI=1S/C26H23BrN2/c1-18-22-15-9-10-16-23(22)25(27)26(29-18)19(2)28-17-24(20-11-5-3-6-12-20)21-13-7-4-8-14-21/h3-17,19,24H,1-2H3. The molecule has 0 fully saturated rings. The fraction of sp³-hybridized carbons (Fsp3) is 0.154. The van der Waals surface area contributed by atoms with E-state index in [0.29, 0.717) is 0 Å². The topological polar surface area (TPSA) is 25.2 Å². The van der Waals surface area contributed by atoms with Crippen LogP contribution in [0.3, 0.4) is 0 Å². The smallest absolute Gasteiger partial charge is 0.0899 e. The molecular weight excluding hydrogens is 420 g/mol. The van der Waals surface area contributed by atoms with Gasteiger partial charge in [0.25, 0.3) is 0 Å². The maximum absolute atomic E-state index is 4.94. The minimum Gasteiger partial charge on any atom is -0.287 e. The molecule has 0 saturated heterocycles. The average molecular weight is 443 g/mol. The lowest BCUT2D eigenvalue weighted by atomic mass is 9.92. The van der Waals surface area contributed by atoms with E-state index >= 15 is 0 Å². The van der Waals surface area contributed by atoms with Crippen LogP contribution in [-0.4, -0.2) is 11.2 Å². The van der Waals surface area contributed by atoms with E-state index in [2.05, 4.69) is 109 Å². The van der Waals surface area contributed by atoms with Crippen molar-refractivity contribution < 1.29 is 0 Å². The van der Waals surface area contributed by atoms with E-state index < -0.39 is 0 Å². The third-order valence-electron chi connectivity index (χ3n) is 5.24. The van der Waals surface area contributed by atoms with Crippen molar-refractivity contribution in [1.82, 2.24) is 4.98 Å². The Balaban J connectivity index is 1.71. The fourth-order valence-corrected chi connectivity index (χ4v) is 4.43. The first kappa shape index (κ1) is 19.5. The molecule has 0 bridgehead atoms. The molecule has 144 valence electrons. The molecule has 1 atom stereocenters. The zero-order valence-corrected chi connectivity index (χ0v) is 18.2. The van der Waals surface area contributed by atoms with Gasteiger partial charge in [0.2, 0.25) is 0 Å². The highest BCUT2D eigenvalue weighted by Crippen LogP contribution is 2.33. The SMILES string of the molecule is Cc1nc(C(C)N=CC(c2ccccc2)c2ccccc2)c(Br)c2ccccc12. The second-order valence-electron chi connectivity index (χ2n) is 7.22. The summed E-state index contributed by atoms with van der Waals surface area (Å²) in [6.45, 7) is 4.16. The van der Waals surface area contributed by atoms with Crippen molar-refractivity contribution in [1.29, 1.82) is 0 Å². The van der Waals surface area contributed by atoms with Crippen molar-refractivity contribution in [3.63, 3.8) is 0 Å². The van der Waals surface area contributed by atoms with Crippen LogP contribution in [0, 0.1) is 6.92 Å². The Bertz CT molecular complexity index is 1100. The number of hydrogen-bond acceptors (Lipinski definition) is 2. The normalized spacial score (nSPS) is 12.7. The highest BCUT2D eigenvalue weighted by molar-refractivity contribution is 9.10. The molecular formula is C26H23BrN2. The molecule has 0 aliphatic rings. The van der Waals surface area contributed by atoms with Crippen molar-refractivity contribution >= 4 is 32.9 Å². The number of nitrogens with zero attached hydrogens (tertiary/aromatic N) is 2. The van der Waals surface area contributed by atoms with Crippen LogP contribution < -0.4 is 0 Å². The van der Waals surface area contributed by atoms with Gasteiger partial charge in [-0.2, -0.15) is 0 Å². The summed E-state index contributed by atoms with van der Waals surface area (Å²) in [4.78, 5) is 9.80. The first-order valence-electron chi connectivity index (χ1n) is 9.83. The Morgan fingerprint density at radius 1 is 0.793 bits per heavy atom. The van der Waals surface area contributed by atoms with E-state index in [9.17, 15) is 0 Å². The van der Waals surface area contributed by atoms with Gasteiger partial charge in [-0.3, -0.25) is 9.98 Å². The molecule has 1 unspecified atom stereocenters. The maximum Gasteiger partial charge on any atom is 0.0899 e. The summed E-state index contributed by atoms with van der Waals surface area (Å²) < 4.78 is 1.03. The lowest BCUT2D eigenvalue weighted by Gasteiger charge is -2.16. The molecule has 0 spiro atoms. The summed E-state index contributed by atoms with van der Waals surface area (Å²) in [6, 6.07) is 29.3. The van der Waals surface area contributed by atoms with Crippen LogP contribution in [0.5, 0.6) is 0 Å². The second kappa shape index (κ2) is 8.71. The molecule has 0 aliphatic carbocycles. The number of benzene rings is 3. The van der Waals surface area contributed by atoms with Crippen molar-refractivity contribution in [3.8, 4) is 0 Å². The predicted octanol–water partition coefficient (Wildman–Crippen LogP) is 7.27. The quantitative estimate of drug-likeness (QED) is 0.298. The van der Waals surface area contributed by atoms with Crippen LogP contribution in [0.4, 0.5) is 0 Å². The predicted molar refractivity (Wildman–Crippen MR) is 126 cm³/mol. The molecule has 1 heterocycles. The van der Waals surface area contributed by atoms with E-state index in [4.69, 9.17) is 9.98 Å². The maximum atomic E-state index is 4.94. The van der Waals surface area contributed by atoms with Crippen LogP contribution in [0.1, 0.15) is 41.4 Å². The lowest BCUT2D eigenvalue weighted by Crippen LogP contribution is -2.05. The lowest BCUT2D eigenvalue weighted by molar-refractivity contribution is 0.774. The summed E-state index contributed by atoms with van der Waals surface area (Å²) in [7, 11) is 0. The molecule has 4 rings (SSSR count). The van der Waals surface area contributed by atoms with Crippen LogP contribution in [-0.2, 0) is 0 Å². The number of fused-ring (bicyclic) bond motifs is 1. The van der Waals surface area contributed by atoms with Crippen LogP contribution in [0.25, 0.3) is 10.8 Å². The molecule has 0 amide bonds. The van der Waals surface area contributed by atoms with Gasteiger partial charge in [-0.15, -0.1) is 0 Å². The number of pyridine rings is 1.